The number of sulfonamides is 1. The van der Waals surface area contributed by atoms with Crippen LogP contribution in [-0.4, -0.2) is 27.1 Å². The molecule has 0 bridgehead atoms. The Balaban J connectivity index is 1.93. The molecule has 0 fully saturated rings. The maximum Gasteiger partial charge on any atom is 0.283 e. The van der Waals surface area contributed by atoms with E-state index in [1.165, 1.54) is 19.2 Å². The van der Waals surface area contributed by atoms with E-state index in [9.17, 15) is 13.2 Å². The molecule has 10 heteroatoms. The summed E-state index contributed by atoms with van der Waals surface area (Å²) in [5, 5.41) is 0.715. The molecule has 0 aromatic heterocycles. The highest BCUT2D eigenvalue weighted by Gasteiger charge is 2.30. The molecular weight excluding hydrogens is 527 g/mol. The molecule has 0 spiro atoms. The SMILES string of the molecule is CCCC1C=C(C(=O)NS(=O)(=O)c2cc(OC)ccc2Br)N=C1c1cccc(Cl)c1Cl. The van der Waals surface area contributed by atoms with Crippen molar-refractivity contribution < 1.29 is 17.9 Å². The molecule has 2 aromatic rings. The highest BCUT2D eigenvalue weighted by atomic mass is 79.9. The number of allylic oxidation sites excluding steroid dienone is 1. The van der Waals surface area contributed by atoms with Crippen LogP contribution in [-0.2, 0) is 14.8 Å². The van der Waals surface area contributed by atoms with Crippen molar-refractivity contribution in [1.29, 1.82) is 0 Å². The Morgan fingerprint density at radius 1 is 1.26 bits per heavy atom. The van der Waals surface area contributed by atoms with E-state index in [0.717, 1.165) is 6.42 Å². The lowest BCUT2D eigenvalue weighted by atomic mass is 9.93. The zero-order chi connectivity index (χ0) is 22.8. The summed E-state index contributed by atoms with van der Waals surface area (Å²) >= 11 is 15.7. The average Bonchev–Trinajstić information content (AvgIpc) is 3.14. The number of ether oxygens (including phenoxy) is 1. The van der Waals surface area contributed by atoms with E-state index in [-0.39, 0.29) is 16.5 Å². The number of aliphatic imine (C=N–C) groups is 1. The highest BCUT2D eigenvalue weighted by Crippen LogP contribution is 2.33. The molecule has 0 aliphatic carbocycles. The number of methoxy groups -OCH3 is 1. The maximum absolute atomic E-state index is 12.8. The Morgan fingerprint density at radius 3 is 2.68 bits per heavy atom. The third kappa shape index (κ3) is 5.14. The van der Waals surface area contributed by atoms with Gasteiger partial charge in [0.25, 0.3) is 15.9 Å². The number of hydrogen-bond donors (Lipinski definition) is 1. The van der Waals surface area contributed by atoms with E-state index in [1.807, 2.05) is 6.92 Å². The van der Waals surface area contributed by atoms with Gasteiger partial charge in [-0.2, -0.15) is 0 Å². The van der Waals surface area contributed by atoms with Gasteiger partial charge in [-0.15, -0.1) is 0 Å². The summed E-state index contributed by atoms with van der Waals surface area (Å²) < 4.78 is 33.1. The fourth-order valence-corrected chi connectivity index (χ4v) is 5.52. The standard InChI is InChI=1S/C21H19BrCl2N2O4S/c1-3-5-12-10-17(25-20(12)14-6-4-7-16(23)19(14)24)21(27)26-31(28,29)18-11-13(30-2)8-9-15(18)22/h4,6-12H,3,5H2,1-2H3,(H,26,27). The van der Waals surface area contributed by atoms with Crippen LogP contribution in [0.1, 0.15) is 25.3 Å². The maximum atomic E-state index is 12.8. The van der Waals surface area contributed by atoms with Crippen molar-refractivity contribution in [3.63, 3.8) is 0 Å². The van der Waals surface area contributed by atoms with Crippen LogP contribution in [0.4, 0.5) is 0 Å². The molecule has 2 aromatic carbocycles. The lowest BCUT2D eigenvalue weighted by Gasteiger charge is -2.12. The van der Waals surface area contributed by atoms with Crippen molar-refractivity contribution in [2.24, 2.45) is 10.9 Å². The van der Waals surface area contributed by atoms with Crippen LogP contribution in [0, 0.1) is 5.92 Å². The Labute approximate surface area is 199 Å². The normalized spacial score (nSPS) is 16.0. The molecule has 31 heavy (non-hydrogen) atoms. The smallest absolute Gasteiger partial charge is 0.283 e. The molecule has 0 saturated carbocycles. The molecule has 3 rings (SSSR count). The van der Waals surface area contributed by atoms with Crippen molar-refractivity contribution in [2.75, 3.05) is 7.11 Å². The van der Waals surface area contributed by atoms with Crippen LogP contribution < -0.4 is 9.46 Å². The molecule has 1 heterocycles. The average molecular weight is 546 g/mol. The van der Waals surface area contributed by atoms with Crippen LogP contribution in [0.3, 0.4) is 0 Å². The molecule has 1 unspecified atom stereocenters. The van der Waals surface area contributed by atoms with E-state index in [0.29, 0.717) is 38.0 Å². The number of carbonyl (C=O) groups is 1. The molecular formula is C21H19BrCl2N2O4S. The van der Waals surface area contributed by atoms with Gasteiger partial charge >= 0.3 is 0 Å². The second kappa shape index (κ2) is 9.73. The zero-order valence-corrected chi connectivity index (χ0v) is 20.6. The Morgan fingerprint density at radius 2 is 2.00 bits per heavy atom. The van der Waals surface area contributed by atoms with Crippen molar-refractivity contribution >= 4 is 60.8 Å². The number of rotatable bonds is 7. The van der Waals surface area contributed by atoms with Crippen molar-refractivity contribution in [1.82, 2.24) is 4.72 Å². The lowest BCUT2D eigenvalue weighted by molar-refractivity contribution is -0.115. The summed E-state index contributed by atoms with van der Waals surface area (Å²) in [5.41, 5.74) is 1.21. The zero-order valence-electron chi connectivity index (χ0n) is 16.7. The number of hydrogen-bond acceptors (Lipinski definition) is 5. The summed E-state index contributed by atoms with van der Waals surface area (Å²) in [4.78, 5) is 17.1. The summed E-state index contributed by atoms with van der Waals surface area (Å²) in [7, 11) is -2.75. The molecule has 1 amide bonds. The molecule has 0 radical (unpaired) electrons. The monoisotopic (exact) mass is 544 g/mol. The number of halogens is 3. The molecule has 1 N–H and O–H groups in total. The van der Waals surface area contributed by atoms with Crippen molar-refractivity contribution in [3.8, 4) is 5.75 Å². The van der Waals surface area contributed by atoms with Crippen LogP contribution >= 0.6 is 39.1 Å². The third-order valence-electron chi connectivity index (χ3n) is 4.67. The van der Waals surface area contributed by atoms with Crippen molar-refractivity contribution in [2.45, 2.75) is 24.7 Å². The lowest BCUT2D eigenvalue weighted by Crippen LogP contribution is -2.31. The van der Waals surface area contributed by atoms with Gasteiger partial charge in [0.1, 0.15) is 16.3 Å². The predicted octanol–water partition coefficient (Wildman–Crippen LogP) is 5.37. The molecule has 6 nitrogen and oxygen atoms in total. The van der Waals surface area contributed by atoms with Crippen LogP contribution in [0.2, 0.25) is 10.0 Å². The highest BCUT2D eigenvalue weighted by molar-refractivity contribution is 9.10. The molecule has 1 aliphatic rings. The van der Waals surface area contributed by atoms with Gasteiger partial charge in [0.05, 0.1) is 22.9 Å². The third-order valence-corrected chi connectivity index (χ3v) is 7.81. The van der Waals surface area contributed by atoms with E-state index in [4.69, 9.17) is 27.9 Å². The molecule has 0 saturated heterocycles. The number of amides is 1. The van der Waals surface area contributed by atoms with Gasteiger partial charge in [0.15, 0.2) is 0 Å². The van der Waals surface area contributed by atoms with E-state index in [2.05, 4.69) is 25.6 Å². The Kier molecular flexibility index (Phi) is 7.47. The van der Waals surface area contributed by atoms with Gasteiger partial charge in [0, 0.05) is 22.0 Å². The first-order valence-corrected chi connectivity index (χ1v) is 12.4. The van der Waals surface area contributed by atoms with Crippen LogP contribution in [0.5, 0.6) is 5.75 Å². The number of nitrogens with zero attached hydrogens (tertiary/aromatic N) is 1. The van der Waals surface area contributed by atoms with Gasteiger partial charge in [-0.1, -0.05) is 48.7 Å². The van der Waals surface area contributed by atoms with E-state index in [1.54, 1.807) is 30.3 Å². The second-order valence-corrected chi connectivity index (χ2v) is 10.1. The number of benzene rings is 2. The van der Waals surface area contributed by atoms with Gasteiger partial charge < -0.3 is 4.74 Å². The van der Waals surface area contributed by atoms with Gasteiger partial charge in [-0.05, 0) is 46.6 Å². The minimum atomic E-state index is -4.17. The minimum absolute atomic E-state index is 0.00656. The van der Waals surface area contributed by atoms with Crippen LogP contribution in [0.15, 0.2) is 62.5 Å². The molecule has 1 atom stereocenters. The number of carbonyl (C=O) groups excluding carboxylic acids is 1. The van der Waals surface area contributed by atoms with Gasteiger partial charge in [-0.25, -0.2) is 18.1 Å². The van der Waals surface area contributed by atoms with Crippen LogP contribution in [0.25, 0.3) is 0 Å². The summed E-state index contributed by atoms with van der Waals surface area (Å²) in [6.45, 7) is 2.01. The summed E-state index contributed by atoms with van der Waals surface area (Å²) in [6, 6.07) is 9.64. The first-order chi connectivity index (χ1) is 14.7. The Bertz CT molecular complexity index is 1200. The molecule has 1 aliphatic heterocycles. The van der Waals surface area contributed by atoms with Gasteiger partial charge in [-0.3, -0.25) is 4.79 Å². The quantitative estimate of drug-likeness (QED) is 0.506. The first kappa shape index (κ1) is 23.8. The largest absolute Gasteiger partial charge is 0.497 e. The first-order valence-electron chi connectivity index (χ1n) is 9.33. The topological polar surface area (TPSA) is 84.8 Å². The van der Waals surface area contributed by atoms with E-state index < -0.39 is 15.9 Å². The summed E-state index contributed by atoms with van der Waals surface area (Å²) in [5.74, 6) is -0.674. The minimum Gasteiger partial charge on any atom is -0.497 e. The van der Waals surface area contributed by atoms with Crippen molar-refractivity contribution in [3.05, 3.63) is 68.3 Å². The van der Waals surface area contributed by atoms with E-state index >= 15 is 0 Å². The fourth-order valence-electron chi connectivity index (χ4n) is 3.18. The summed E-state index contributed by atoms with van der Waals surface area (Å²) in [6.07, 6.45) is 3.20. The second-order valence-electron chi connectivity index (χ2n) is 6.78. The van der Waals surface area contributed by atoms with Gasteiger partial charge in [0.2, 0.25) is 0 Å². The fraction of sp³-hybridized carbons (Fsp3) is 0.238. The number of nitrogens with one attached hydrogen (secondary N) is 1. The Hall–Kier alpha value is -1.87. The molecule has 164 valence electrons. The predicted molar refractivity (Wildman–Crippen MR) is 126 cm³/mol.